The van der Waals surface area contributed by atoms with E-state index in [9.17, 15) is 9.59 Å². The van der Waals surface area contributed by atoms with Gasteiger partial charge in [0.05, 0.1) is 0 Å². The molecule has 0 heterocycles. The number of carbonyl (C=O) groups is 2. The quantitative estimate of drug-likeness (QED) is 0.0516. The van der Waals surface area contributed by atoms with Crippen LogP contribution in [0, 0.1) is 0 Å². The van der Waals surface area contributed by atoms with Crippen LogP contribution in [0.4, 0.5) is 0 Å². The summed E-state index contributed by atoms with van der Waals surface area (Å²) in [5.41, 5.74) is 0. The van der Waals surface area contributed by atoms with E-state index < -0.39 is 5.97 Å². The summed E-state index contributed by atoms with van der Waals surface area (Å²) in [7, 11) is 0. The van der Waals surface area contributed by atoms with E-state index in [1.165, 1.54) is 193 Å². The van der Waals surface area contributed by atoms with Crippen molar-refractivity contribution in [2.75, 3.05) is 0 Å². The predicted octanol–water partition coefficient (Wildman–Crippen LogP) is 15.2. The number of rotatable bonds is 41. The molecule has 4 heteroatoms. The second-order valence-electron chi connectivity index (χ2n) is 15.3. The highest BCUT2D eigenvalue weighted by Crippen LogP contribution is 2.19. The summed E-state index contributed by atoms with van der Waals surface area (Å²) in [6.45, 7) is 4.57. The second kappa shape index (κ2) is 40.4. The van der Waals surface area contributed by atoms with Gasteiger partial charge in [-0.15, -0.1) is 0 Å². The summed E-state index contributed by atoms with van der Waals surface area (Å²) in [4.78, 5) is 23.5. The third-order valence-corrected chi connectivity index (χ3v) is 10.3. The molecule has 0 saturated heterocycles. The van der Waals surface area contributed by atoms with Crippen LogP contribution in [-0.2, 0) is 14.3 Å². The molecule has 0 aromatic carbocycles. The monoisotopic (exact) mass is 679 g/mol. The van der Waals surface area contributed by atoms with E-state index in [-0.39, 0.29) is 18.5 Å². The van der Waals surface area contributed by atoms with E-state index in [0.29, 0.717) is 12.8 Å². The molecule has 1 unspecified atom stereocenters. The van der Waals surface area contributed by atoms with E-state index in [4.69, 9.17) is 9.84 Å². The van der Waals surface area contributed by atoms with Crippen molar-refractivity contribution in [3.05, 3.63) is 0 Å². The van der Waals surface area contributed by atoms with Crippen LogP contribution in [-0.4, -0.2) is 23.1 Å². The Morgan fingerprint density at radius 2 is 0.625 bits per heavy atom. The summed E-state index contributed by atoms with van der Waals surface area (Å²) in [6.07, 6.45) is 48.5. The van der Waals surface area contributed by atoms with Gasteiger partial charge >= 0.3 is 11.9 Å². The predicted molar refractivity (Wildman–Crippen MR) is 209 cm³/mol. The lowest BCUT2D eigenvalue weighted by molar-refractivity contribution is -0.150. The molecule has 0 amide bonds. The molecule has 0 radical (unpaired) electrons. The minimum atomic E-state index is -0.736. The van der Waals surface area contributed by atoms with Crippen molar-refractivity contribution in [2.45, 2.75) is 270 Å². The number of hydrogen-bond donors (Lipinski definition) is 1. The molecule has 0 spiro atoms. The van der Waals surface area contributed by atoms with Gasteiger partial charge in [0.2, 0.25) is 0 Å². The first kappa shape index (κ1) is 46.9. The van der Waals surface area contributed by atoms with E-state index in [0.717, 1.165) is 38.5 Å². The smallest absolute Gasteiger partial charge is 0.306 e. The van der Waals surface area contributed by atoms with E-state index in [1.807, 2.05) is 0 Å². The fourth-order valence-electron chi connectivity index (χ4n) is 7.07. The number of hydrogen-bond acceptors (Lipinski definition) is 3. The fourth-order valence-corrected chi connectivity index (χ4v) is 7.07. The summed E-state index contributed by atoms with van der Waals surface area (Å²) < 4.78 is 5.92. The van der Waals surface area contributed by atoms with Crippen molar-refractivity contribution in [1.29, 1.82) is 0 Å². The zero-order chi connectivity index (χ0) is 35.0. The van der Waals surface area contributed by atoms with Crippen LogP contribution in [0.5, 0.6) is 0 Å². The minimum Gasteiger partial charge on any atom is -0.481 e. The summed E-state index contributed by atoms with van der Waals surface area (Å²) in [6, 6.07) is 0. The van der Waals surface area contributed by atoms with Gasteiger partial charge in [0.15, 0.2) is 0 Å². The van der Waals surface area contributed by atoms with E-state index in [1.54, 1.807) is 0 Å². The molecule has 0 aliphatic carbocycles. The molecule has 0 aliphatic rings. The maximum Gasteiger partial charge on any atom is 0.306 e. The second-order valence-corrected chi connectivity index (χ2v) is 15.3. The van der Waals surface area contributed by atoms with Crippen LogP contribution in [0.2, 0.25) is 0 Å². The highest BCUT2D eigenvalue weighted by Gasteiger charge is 2.14. The van der Waals surface area contributed by atoms with Gasteiger partial charge in [0, 0.05) is 12.8 Å². The molecule has 286 valence electrons. The SMILES string of the molecule is CCCCCCCCCCCCCCCCCCCCCC(=O)OC(CCCCCCCCCCCCCCCC)CCCCC(=O)O. The molecule has 1 N–H and O–H groups in total. The lowest BCUT2D eigenvalue weighted by Crippen LogP contribution is -2.18. The van der Waals surface area contributed by atoms with Gasteiger partial charge in [0.1, 0.15) is 6.10 Å². The molecule has 1 atom stereocenters. The third kappa shape index (κ3) is 39.4. The van der Waals surface area contributed by atoms with Gasteiger partial charge in [-0.1, -0.05) is 213 Å². The number of unbranched alkanes of at least 4 members (excludes halogenated alkanes) is 32. The van der Waals surface area contributed by atoms with E-state index >= 15 is 0 Å². The number of carboxylic acids is 1. The molecular formula is C44H86O4. The van der Waals surface area contributed by atoms with Gasteiger partial charge in [-0.25, -0.2) is 0 Å². The Kier molecular flexibility index (Phi) is 39.5. The van der Waals surface area contributed by atoms with Gasteiger partial charge in [0.25, 0.3) is 0 Å². The van der Waals surface area contributed by atoms with Gasteiger partial charge < -0.3 is 9.84 Å². The number of esters is 1. The van der Waals surface area contributed by atoms with Crippen molar-refractivity contribution >= 4 is 11.9 Å². The zero-order valence-electron chi connectivity index (χ0n) is 32.8. The Balaban J connectivity index is 3.76. The Labute approximate surface area is 301 Å². The summed E-state index contributed by atoms with van der Waals surface area (Å²) in [5, 5.41) is 8.97. The lowest BCUT2D eigenvalue weighted by Gasteiger charge is -2.18. The van der Waals surface area contributed by atoms with Crippen molar-refractivity contribution in [1.82, 2.24) is 0 Å². The normalized spacial score (nSPS) is 12.0. The van der Waals surface area contributed by atoms with Crippen molar-refractivity contribution in [3.63, 3.8) is 0 Å². The number of carboxylic acid groups (broad SMARTS) is 1. The first-order chi connectivity index (χ1) is 23.6. The van der Waals surface area contributed by atoms with Crippen molar-refractivity contribution in [3.8, 4) is 0 Å². The Morgan fingerprint density at radius 1 is 0.375 bits per heavy atom. The highest BCUT2D eigenvalue weighted by atomic mass is 16.5. The summed E-state index contributed by atoms with van der Waals surface area (Å²) in [5.74, 6) is -0.782. The van der Waals surface area contributed by atoms with Crippen molar-refractivity contribution in [2.24, 2.45) is 0 Å². The average Bonchev–Trinajstić information content (AvgIpc) is 3.07. The maximum absolute atomic E-state index is 12.6. The topological polar surface area (TPSA) is 63.6 Å². The first-order valence-corrected chi connectivity index (χ1v) is 22.0. The molecule has 0 aromatic rings. The molecule has 0 bridgehead atoms. The molecule has 0 rings (SSSR count). The Bertz CT molecular complexity index is 648. The standard InChI is InChI=1S/C44H86O4/c1-3-5-7-9-11-13-15-17-19-20-21-22-23-25-27-29-31-33-35-41-44(47)48-42(39-36-37-40-43(45)46)38-34-32-30-28-26-24-18-16-14-12-10-8-6-4-2/h42H,3-41H2,1-2H3,(H,45,46). The van der Waals surface area contributed by atoms with Gasteiger partial charge in [-0.3, -0.25) is 9.59 Å². The molecule has 48 heavy (non-hydrogen) atoms. The lowest BCUT2D eigenvalue weighted by atomic mass is 10.0. The fraction of sp³-hybridized carbons (Fsp3) is 0.955. The molecule has 0 fully saturated rings. The van der Waals surface area contributed by atoms with Crippen LogP contribution >= 0.6 is 0 Å². The molecule has 0 aliphatic heterocycles. The number of aliphatic carboxylic acids is 1. The van der Waals surface area contributed by atoms with Crippen LogP contribution < -0.4 is 0 Å². The van der Waals surface area contributed by atoms with Crippen LogP contribution in [0.25, 0.3) is 0 Å². The molecule has 0 saturated carbocycles. The number of carbonyl (C=O) groups excluding carboxylic acids is 1. The third-order valence-electron chi connectivity index (χ3n) is 10.3. The van der Waals surface area contributed by atoms with Crippen LogP contribution in [0.3, 0.4) is 0 Å². The Morgan fingerprint density at radius 3 is 0.938 bits per heavy atom. The zero-order valence-corrected chi connectivity index (χ0v) is 32.8. The minimum absolute atomic E-state index is 0.0380. The average molecular weight is 679 g/mol. The van der Waals surface area contributed by atoms with Gasteiger partial charge in [-0.2, -0.15) is 0 Å². The van der Waals surface area contributed by atoms with Crippen LogP contribution in [0.1, 0.15) is 264 Å². The van der Waals surface area contributed by atoms with Crippen molar-refractivity contribution < 1.29 is 19.4 Å². The largest absolute Gasteiger partial charge is 0.481 e. The van der Waals surface area contributed by atoms with E-state index in [2.05, 4.69) is 13.8 Å². The number of ether oxygens (including phenoxy) is 1. The summed E-state index contributed by atoms with van der Waals surface area (Å²) >= 11 is 0. The molecule has 4 nitrogen and oxygen atoms in total. The van der Waals surface area contributed by atoms with Crippen LogP contribution in [0.15, 0.2) is 0 Å². The van der Waals surface area contributed by atoms with Gasteiger partial charge in [-0.05, 0) is 38.5 Å². The first-order valence-electron chi connectivity index (χ1n) is 22.0. The highest BCUT2D eigenvalue weighted by molar-refractivity contribution is 5.69. The molecular weight excluding hydrogens is 592 g/mol. The Hall–Kier alpha value is -1.06. The molecule has 0 aromatic heterocycles. The maximum atomic E-state index is 12.6.